The number of thioether (sulfide) groups is 1. The molecule has 1 N–H and O–H groups in total. The minimum absolute atomic E-state index is 0.0271. The van der Waals surface area contributed by atoms with Crippen LogP contribution in [0.3, 0.4) is 0 Å². The monoisotopic (exact) mass is 244 g/mol. The van der Waals surface area contributed by atoms with Crippen LogP contribution < -0.4 is 5.32 Å². The molecule has 1 aliphatic rings. The molecule has 0 spiro atoms. The van der Waals surface area contributed by atoms with Crippen molar-refractivity contribution in [1.82, 2.24) is 10.2 Å². The molecule has 0 aromatic carbocycles. The van der Waals surface area contributed by atoms with Gasteiger partial charge in [0.15, 0.2) is 0 Å². The van der Waals surface area contributed by atoms with Crippen molar-refractivity contribution in [3.8, 4) is 0 Å². The van der Waals surface area contributed by atoms with Gasteiger partial charge in [-0.25, -0.2) is 0 Å². The summed E-state index contributed by atoms with van der Waals surface area (Å²) in [5, 5.41) is 3.44. The fourth-order valence-electron chi connectivity index (χ4n) is 2.16. The molecule has 1 rings (SSSR count). The highest BCUT2D eigenvalue weighted by molar-refractivity contribution is 7.98. The van der Waals surface area contributed by atoms with E-state index >= 15 is 0 Å². The lowest BCUT2D eigenvalue weighted by Gasteiger charge is -2.22. The first kappa shape index (κ1) is 13.8. The highest BCUT2D eigenvalue weighted by Gasteiger charge is 2.38. The van der Waals surface area contributed by atoms with Crippen molar-refractivity contribution in [1.29, 1.82) is 0 Å². The number of amides is 1. The van der Waals surface area contributed by atoms with E-state index in [1.54, 1.807) is 0 Å². The van der Waals surface area contributed by atoms with Crippen LogP contribution >= 0.6 is 11.8 Å². The van der Waals surface area contributed by atoms with E-state index in [9.17, 15) is 4.79 Å². The van der Waals surface area contributed by atoms with Gasteiger partial charge in [0.05, 0.1) is 12.2 Å². The summed E-state index contributed by atoms with van der Waals surface area (Å²) in [4.78, 5) is 14.2. The Balaban J connectivity index is 2.55. The second-order valence-electron chi connectivity index (χ2n) is 4.69. The number of nitrogens with one attached hydrogen (secondary N) is 1. The number of hydrogen-bond donors (Lipinski definition) is 1. The van der Waals surface area contributed by atoms with Crippen LogP contribution in [-0.2, 0) is 4.79 Å². The van der Waals surface area contributed by atoms with Crippen molar-refractivity contribution in [2.24, 2.45) is 5.92 Å². The fourth-order valence-corrected chi connectivity index (χ4v) is 2.58. The number of hydrogen-bond acceptors (Lipinski definition) is 3. The number of rotatable bonds is 6. The molecular weight excluding hydrogens is 220 g/mol. The second-order valence-corrected chi connectivity index (χ2v) is 5.68. The number of carbonyl (C=O) groups excluding carboxylic acids is 1. The zero-order chi connectivity index (χ0) is 12.1. The lowest BCUT2D eigenvalue weighted by Crippen LogP contribution is -2.37. The third kappa shape index (κ3) is 3.14. The zero-order valence-corrected chi connectivity index (χ0v) is 11.6. The molecule has 3 nitrogen and oxygen atoms in total. The van der Waals surface area contributed by atoms with E-state index in [4.69, 9.17) is 0 Å². The van der Waals surface area contributed by atoms with Gasteiger partial charge in [-0.2, -0.15) is 11.8 Å². The molecule has 94 valence electrons. The highest BCUT2D eigenvalue weighted by atomic mass is 32.2. The first-order valence-corrected chi connectivity index (χ1v) is 7.56. The Morgan fingerprint density at radius 1 is 1.50 bits per heavy atom. The van der Waals surface area contributed by atoms with Crippen LogP contribution in [0, 0.1) is 5.92 Å². The van der Waals surface area contributed by atoms with E-state index in [1.807, 2.05) is 16.7 Å². The van der Waals surface area contributed by atoms with Crippen LogP contribution in [0.1, 0.15) is 33.6 Å². The Labute approximate surface area is 103 Å². The summed E-state index contributed by atoms with van der Waals surface area (Å²) in [6.07, 6.45) is 4.45. The van der Waals surface area contributed by atoms with Gasteiger partial charge < -0.3 is 4.90 Å². The van der Waals surface area contributed by atoms with E-state index in [-0.39, 0.29) is 12.2 Å². The molecule has 0 saturated carbocycles. The summed E-state index contributed by atoms with van der Waals surface area (Å²) >= 11 is 1.84. The summed E-state index contributed by atoms with van der Waals surface area (Å²) in [7, 11) is 0. The zero-order valence-electron chi connectivity index (χ0n) is 10.8. The minimum Gasteiger partial charge on any atom is -0.326 e. The van der Waals surface area contributed by atoms with E-state index in [1.165, 1.54) is 0 Å². The maximum absolute atomic E-state index is 12.2. The van der Waals surface area contributed by atoms with E-state index in [2.05, 4.69) is 32.3 Å². The van der Waals surface area contributed by atoms with Gasteiger partial charge in [-0.1, -0.05) is 20.8 Å². The second kappa shape index (κ2) is 6.50. The third-order valence-corrected chi connectivity index (χ3v) is 3.80. The molecule has 2 unspecified atom stereocenters. The van der Waals surface area contributed by atoms with Gasteiger partial charge in [0.2, 0.25) is 5.91 Å². The summed E-state index contributed by atoms with van der Waals surface area (Å²) in [5.74, 6) is 1.81. The highest BCUT2D eigenvalue weighted by Crippen LogP contribution is 2.19. The lowest BCUT2D eigenvalue weighted by molar-refractivity contribution is -0.130. The predicted molar refractivity (Wildman–Crippen MR) is 70.6 cm³/mol. The SMILES string of the molecule is CCC1NC(C(C)C)C(=O)N1CCCSC. The van der Waals surface area contributed by atoms with E-state index < -0.39 is 0 Å². The van der Waals surface area contributed by atoms with Crippen LogP contribution in [-0.4, -0.2) is 41.6 Å². The largest absolute Gasteiger partial charge is 0.326 e. The van der Waals surface area contributed by atoms with Gasteiger partial charge in [0, 0.05) is 6.54 Å². The summed E-state index contributed by atoms with van der Waals surface area (Å²) in [6, 6.07) is 0.0271. The molecule has 1 amide bonds. The lowest BCUT2D eigenvalue weighted by atomic mass is 10.1. The Hall–Kier alpha value is -0.220. The molecule has 2 atom stereocenters. The molecule has 1 heterocycles. The maximum atomic E-state index is 12.2. The van der Waals surface area contributed by atoms with Crippen molar-refractivity contribution in [3.05, 3.63) is 0 Å². The molecule has 1 aliphatic heterocycles. The van der Waals surface area contributed by atoms with Crippen molar-refractivity contribution < 1.29 is 4.79 Å². The Kier molecular flexibility index (Phi) is 5.62. The average Bonchev–Trinajstić information content (AvgIpc) is 2.57. The molecule has 1 fully saturated rings. The topological polar surface area (TPSA) is 32.3 Å². The van der Waals surface area contributed by atoms with Gasteiger partial charge in [0.25, 0.3) is 0 Å². The summed E-state index contributed by atoms with van der Waals surface area (Å²) < 4.78 is 0. The smallest absolute Gasteiger partial charge is 0.241 e. The first-order chi connectivity index (χ1) is 7.61. The van der Waals surface area contributed by atoms with E-state index in [0.717, 1.165) is 25.1 Å². The average molecular weight is 244 g/mol. The van der Waals surface area contributed by atoms with E-state index in [0.29, 0.717) is 11.8 Å². The normalized spacial score (nSPS) is 25.8. The molecule has 0 aliphatic carbocycles. The molecule has 0 aromatic rings. The van der Waals surface area contributed by atoms with Crippen LogP contribution in [0.25, 0.3) is 0 Å². The predicted octanol–water partition coefficient (Wildman–Crippen LogP) is 1.93. The Bertz CT molecular complexity index is 233. The van der Waals surface area contributed by atoms with Crippen LogP contribution in [0.4, 0.5) is 0 Å². The summed E-state index contributed by atoms with van der Waals surface area (Å²) in [5.41, 5.74) is 0. The van der Waals surface area contributed by atoms with Crippen LogP contribution in [0.5, 0.6) is 0 Å². The van der Waals surface area contributed by atoms with Crippen molar-refractivity contribution in [2.75, 3.05) is 18.6 Å². The Morgan fingerprint density at radius 2 is 2.19 bits per heavy atom. The minimum atomic E-state index is 0.0271. The van der Waals surface area contributed by atoms with Gasteiger partial charge in [-0.05, 0) is 30.8 Å². The van der Waals surface area contributed by atoms with Crippen LogP contribution in [0.2, 0.25) is 0 Å². The molecule has 0 radical (unpaired) electrons. The van der Waals surface area contributed by atoms with Crippen molar-refractivity contribution >= 4 is 17.7 Å². The molecule has 1 saturated heterocycles. The van der Waals surface area contributed by atoms with Gasteiger partial charge >= 0.3 is 0 Å². The van der Waals surface area contributed by atoms with Crippen LogP contribution in [0.15, 0.2) is 0 Å². The summed E-state index contributed by atoms with van der Waals surface area (Å²) in [6.45, 7) is 7.24. The number of nitrogens with zero attached hydrogens (tertiary/aromatic N) is 1. The van der Waals surface area contributed by atoms with Gasteiger partial charge in [-0.3, -0.25) is 10.1 Å². The van der Waals surface area contributed by atoms with Gasteiger partial charge in [0.1, 0.15) is 0 Å². The van der Waals surface area contributed by atoms with Crippen molar-refractivity contribution in [3.63, 3.8) is 0 Å². The maximum Gasteiger partial charge on any atom is 0.241 e. The molecular formula is C12H24N2OS. The Morgan fingerprint density at radius 3 is 2.69 bits per heavy atom. The third-order valence-electron chi connectivity index (χ3n) is 3.10. The quantitative estimate of drug-likeness (QED) is 0.725. The van der Waals surface area contributed by atoms with Gasteiger partial charge in [-0.15, -0.1) is 0 Å². The number of carbonyl (C=O) groups is 1. The molecule has 4 heteroatoms. The van der Waals surface area contributed by atoms with Crippen molar-refractivity contribution in [2.45, 2.75) is 45.8 Å². The fraction of sp³-hybridized carbons (Fsp3) is 0.917. The standard InChI is InChI=1S/C12H24N2OS/c1-5-10-13-11(9(2)3)12(15)14(10)7-6-8-16-4/h9-11,13H,5-8H2,1-4H3. The first-order valence-electron chi connectivity index (χ1n) is 6.17. The molecule has 16 heavy (non-hydrogen) atoms. The molecule has 0 aromatic heterocycles. The molecule has 0 bridgehead atoms.